The first kappa shape index (κ1) is 14.2. The van der Waals surface area contributed by atoms with Crippen LogP contribution in [0.5, 0.6) is 5.75 Å². The fourth-order valence-corrected chi connectivity index (χ4v) is 1.90. The first-order chi connectivity index (χ1) is 9.65. The quantitative estimate of drug-likeness (QED) is 0.880. The van der Waals surface area contributed by atoms with Gasteiger partial charge in [-0.3, -0.25) is 4.79 Å². The Hall–Kier alpha value is -2.23. The SMILES string of the molecule is Cc1ccc(OCCC(=O)NCc2ccco2)c(C)c1. The van der Waals surface area contributed by atoms with E-state index >= 15 is 0 Å². The number of benzene rings is 1. The Kier molecular flexibility index (Phi) is 4.82. The zero-order chi connectivity index (χ0) is 14.4. The van der Waals surface area contributed by atoms with Crippen LogP contribution in [-0.4, -0.2) is 12.5 Å². The highest BCUT2D eigenvalue weighted by Gasteiger charge is 2.04. The van der Waals surface area contributed by atoms with Gasteiger partial charge in [-0.2, -0.15) is 0 Å². The molecule has 1 aromatic carbocycles. The lowest BCUT2D eigenvalue weighted by Crippen LogP contribution is -2.24. The number of hydrogen-bond donors (Lipinski definition) is 1. The minimum atomic E-state index is -0.0498. The Labute approximate surface area is 118 Å². The second-order valence-corrected chi connectivity index (χ2v) is 4.72. The van der Waals surface area contributed by atoms with E-state index in [4.69, 9.17) is 9.15 Å². The molecular formula is C16H19NO3. The summed E-state index contributed by atoms with van der Waals surface area (Å²) < 4.78 is 10.8. The fraction of sp³-hybridized carbons (Fsp3) is 0.312. The number of amides is 1. The van der Waals surface area contributed by atoms with Gasteiger partial charge in [-0.15, -0.1) is 0 Å². The van der Waals surface area contributed by atoms with Crippen LogP contribution in [0.1, 0.15) is 23.3 Å². The number of ether oxygens (including phenoxy) is 1. The van der Waals surface area contributed by atoms with E-state index in [-0.39, 0.29) is 5.91 Å². The number of hydrogen-bond acceptors (Lipinski definition) is 3. The van der Waals surface area contributed by atoms with Gasteiger partial charge in [0.15, 0.2) is 0 Å². The summed E-state index contributed by atoms with van der Waals surface area (Å²) in [6.45, 7) is 4.82. The number of carbonyl (C=O) groups is 1. The molecule has 0 atom stereocenters. The Morgan fingerprint density at radius 2 is 2.15 bits per heavy atom. The summed E-state index contributed by atoms with van der Waals surface area (Å²) in [5.74, 6) is 1.52. The van der Waals surface area contributed by atoms with Gasteiger partial charge in [0.25, 0.3) is 0 Å². The third kappa shape index (κ3) is 4.16. The van der Waals surface area contributed by atoms with Crippen molar-refractivity contribution in [3.63, 3.8) is 0 Å². The van der Waals surface area contributed by atoms with Crippen LogP contribution >= 0.6 is 0 Å². The molecule has 0 aliphatic carbocycles. The lowest BCUT2D eigenvalue weighted by atomic mass is 10.1. The molecule has 0 fully saturated rings. The highest BCUT2D eigenvalue weighted by Crippen LogP contribution is 2.18. The average Bonchev–Trinajstić information content (AvgIpc) is 2.92. The maximum atomic E-state index is 11.6. The molecule has 1 aromatic heterocycles. The van der Waals surface area contributed by atoms with Gasteiger partial charge in [0.2, 0.25) is 5.91 Å². The van der Waals surface area contributed by atoms with Gasteiger partial charge in [-0.1, -0.05) is 17.7 Å². The van der Waals surface area contributed by atoms with E-state index in [0.29, 0.717) is 19.6 Å². The van der Waals surface area contributed by atoms with Crippen LogP contribution in [-0.2, 0) is 11.3 Å². The molecule has 4 nitrogen and oxygen atoms in total. The van der Waals surface area contributed by atoms with Crippen molar-refractivity contribution < 1.29 is 13.9 Å². The summed E-state index contributed by atoms with van der Waals surface area (Å²) in [7, 11) is 0. The standard InChI is InChI=1S/C16H19NO3/c1-12-5-6-15(13(2)10-12)20-9-7-16(18)17-11-14-4-3-8-19-14/h3-6,8,10H,7,9,11H2,1-2H3,(H,17,18). The molecule has 4 heteroatoms. The van der Waals surface area contributed by atoms with Crippen molar-refractivity contribution >= 4 is 5.91 Å². The number of aryl methyl sites for hydroxylation is 2. The van der Waals surface area contributed by atoms with Crippen LogP contribution in [0.3, 0.4) is 0 Å². The van der Waals surface area contributed by atoms with Gasteiger partial charge in [0.05, 0.1) is 25.8 Å². The molecule has 0 aliphatic heterocycles. The van der Waals surface area contributed by atoms with Crippen molar-refractivity contribution in [3.8, 4) is 5.75 Å². The monoisotopic (exact) mass is 273 g/mol. The number of carbonyl (C=O) groups excluding carboxylic acids is 1. The van der Waals surface area contributed by atoms with E-state index in [2.05, 4.69) is 11.4 Å². The summed E-state index contributed by atoms with van der Waals surface area (Å²) >= 11 is 0. The van der Waals surface area contributed by atoms with Gasteiger partial charge in [0.1, 0.15) is 11.5 Å². The maximum Gasteiger partial charge on any atom is 0.223 e. The van der Waals surface area contributed by atoms with Gasteiger partial charge in [-0.05, 0) is 37.6 Å². The van der Waals surface area contributed by atoms with Crippen molar-refractivity contribution in [2.45, 2.75) is 26.8 Å². The van der Waals surface area contributed by atoms with Crippen LogP contribution in [0.4, 0.5) is 0 Å². The smallest absolute Gasteiger partial charge is 0.223 e. The van der Waals surface area contributed by atoms with Crippen LogP contribution in [0.25, 0.3) is 0 Å². The summed E-state index contributed by atoms with van der Waals surface area (Å²) in [5.41, 5.74) is 2.28. The predicted molar refractivity (Wildman–Crippen MR) is 76.6 cm³/mol. The largest absolute Gasteiger partial charge is 0.493 e. The molecule has 0 spiro atoms. The number of rotatable bonds is 6. The molecule has 1 N–H and O–H groups in total. The summed E-state index contributed by atoms with van der Waals surface area (Å²) in [6, 6.07) is 9.62. The van der Waals surface area contributed by atoms with Crippen molar-refractivity contribution in [2.75, 3.05) is 6.61 Å². The summed E-state index contributed by atoms with van der Waals surface area (Å²) in [6.07, 6.45) is 1.92. The summed E-state index contributed by atoms with van der Waals surface area (Å²) in [5, 5.41) is 2.78. The van der Waals surface area contributed by atoms with Gasteiger partial charge >= 0.3 is 0 Å². The Morgan fingerprint density at radius 1 is 1.30 bits per heavy atom. The second-order valence-electron chi connectivity index (χ2n) is 4.72. The highest BCUT2D eigenvalue weighted by molar-refractivity contribution is 5.75. The Balaban J connectivity index is 1.71. The summed E-state index contributed by atoms with van der Waals surface area (Å²) in [4.78, 5) is 11.6. The van der Waals surface area contributed by atoms with Crippen molar-refractivity contribution in [3.05, 3.63) is 53.5 Å². The van der Waals surface area contributed by atoms with E-state index in [1.165, 1.54) is 5.56 Å². The molecule has 1 amide bonds. The molecule has 0 radical (unpaired) electrons. The maximum absolute atomic E-state index is 11.6. The first-order valence-electron chi connectivity index (χ1n) is 6.64. The lowest BCUT2D eigenvalue weighted by molar-refractivity contribution is -0.121. The van der Waals surface area contributed by atoms with Crippen LogP contribution < -0.4 is 10.1 Å². The van der Waals surface area contributed by atoms with Gasteiger partial charge < -0.3 is 14.5 Å². The topological polar surface area (TPSA) is 51.5 Å². The van der Waals surface area contributed by atoms with E-state index in [9.17, 15) is 4.79 Å². The normalized spacial score (nSPS) is 10.3. The molecule has 20 heavy (non-hydrogen) atoms. The third-order valence-electron chi connectivity index (χ3n) is 2.96. The van der Waals surface area contributed by atoms with Crippen molar-refractivity contribution in [1.82, 2.24) is 5.32 Å². The predicted octanol–water partition coefficient (Wildman–Crippen LogP) is 2.98. The molecule has 1 heterocycles. The van der Waals surface area contributed by atoms with E-state index in [1.54, 1.807) is 12.3 Å². The van der Waals surface area contributed by atoms with Gasteiger partial charge in [-0.25, -0.2) is 0 Å². The first-order valence-corrected chi connectivity index (χ1v) is 6.64. The lowest BCUT2D eigenvalue weighted by Gasteiger charge is -2.09. The molecule has 0 saturated heterocycles. The number of furan rings is 1. The highest BCUT2D eigenvalue weighted by atomic mass is 16.5. The molecule has 0 unspecified atom stereocenters. The van der Waals surface area contributed by atoms with Crippen LogP contribution in [0.2, 0.25) is 0 Å². The number of nitrogens with one attached hydrogen (secondary N) is 1. The zero-order valence-electron chi connectivity index (χ0n) is 11.8. The zero-order valence-corrected chi connectivity index (χ0v) is 11.8. The minimum absolute atomic E-state index is 0.0498. The van der Waals surface area contributed by atoms with Crippen molar-refractivity contribution in [1.29, 1.82) is 0 Å². The molecule has 0 bridgehead atoms. The molecule has 0 saturated carbocycles. The van der Waals surface area contributed by atoms with Crippen molar-refractivity contribution in [2.24, 2.45) is 0 Å². The van der Waals surface area contributed by atoms with Gasteiger partial charge in [0, 0.05) is 0 Å². The molecular weight excluding hydrogens is 254 g/mol. The van der Waals surface area contributed by atoms with Crippen LogP contribution in [0.15, 0.2) is 41.0 Å². The molecule has 2 aromatic rings. The van der Waals surface area contributed by atoms with E-state index in [0.717, 1.165) is 17.1 Å². The molecule has 106 valence electrons. The fourth-order valence-electron chi connectivity index (χ4n) is 1.90. The Bertz CT molecular complexity index is 561. The third-order valence-corrected chi connectivity index (χ3v) is 2.96. The van der Waals surface area contributed by atoms with Crippen LogP contribution in [0, 0.1) is 13.8 Å². The molecule has 2 rings (SSSR count). The van der Waals surface area contributed by atoms with E-state index in [1.807, 2.05) is 32.0 Å². The Morgan fingerprint density at radius 3 is 2.85 bits per heavy atom. The minimum Gasteiger partial charge on any atom is -0.493 e. The van der Waals surface area contributed by atoms with E-state index < -0.39 is 0 Å². The average molecular weight is 273 g/mol. The molecule has 0 aliphatic rings. The second kappa shape index (κ2) is 6.80.